The van der Waals surface area contributed by atoms with Gasteiger partial charge in [0.2, 0.25) is 5.91 Å². The van der Waals surface area contributed by atoms with Crippen LogP contribution in [0.4, 0.5) is 0 Å². The minimum Gasteiger partial charge on any atom is -0.489 e. The summed E-state index contributed by atoms with van der Waals surface area (Å²) in [5.74, 6) is 0.628. The average Bonchev–Trinajstić information content (AvgIpc) is 2.91. The smallest absolute Gasteiger partial charge is 0.234 e. The Bertz CT molecular complexity index is 830. The molecule has 1 saturated heterocycles. The molecule has 1 unspecified atom stereocenters. The van der Waals surface area contributed by atoms with Crippen LogP contribution >= 0.6 is 11.6 Å². The minimum absolute atomic E-state index is 0.0270. The van der Waals surface area contributed by atoms with Gasteiger partial charge in [0.1, 0.15) is 12.4 Å². The summed E-state index contributed by atoms with van der Waals surface area (Å²) in [6, 6.07) is 15.7. The number of ether oxygens (including phenoxy) is 1. The molecule has 1 atom stereocenters. The second kappa shape index (κ2) is 10.8. The van der Waals surface area contributed by atoms with Crippen LogP contribution in [0.2, 0.25) is 5.02 Å². The number of nitrogens with zero attached hydrogens (tertiary/aromatic N) is 1. The molecule has 162 valence electrons. The van der Waals surface area contributed by atoms with Crippen molar-refractivity contribution >= 4 is 17.5 Å². The Morgan fingerprint density at radius 1 is 1.20 bits per heavy atom. The Hall–Kier alpha value is -2.08. The number of halogens is 1. The second-order valence-electron chi connectivity index (χ2n) is 8.16. The molecule has 0 spiro atoms. The van der Waals surface area contributed by atoms with Crippen molar-refractivity contribution in [3.8, 4) is 5.75 Å². The number of aliphatic hydroxyl groups is 1. The molecule has 1 aliphatic rings. The van der Waals surface area contributed by atoms with Gasteiger partial charge in [-0.2, -0.15) is 0 Å². The molecular formula is C24H31ClN2O3. The number of amides is 1. The summed E-state index contributed by atoms with van der Waals surface area (Å²) in [4.78, 5) is 14.4. The lowest BCUT2D eigenvalue weighted by Gasteiger charge is -2.27. The largest absolute Gasteiger partial charge is 0.489 e. The van der Waals surface area contributed by atoms with Crippen molar-refractivity contribution in [3.05, 3.63) is 64.7 Å². The van der Waals surface area contributed by atoms with E-state index in [0.29, 0.717) is 43.2 Å². The van der Waals surface area contributed by atoms with Gasteiger partial charge in [0.15, 0.2) is 0 Å². The highest BCUT2D eigenvalue weighted by atomic mass is 35.5. The maximum Gasteiger partial charge on any atom is 0.234 e. The van der Waals surface area contributed by atoms with Crippen LogP contribution < -0.4 is 10.1 Å². The van der Waals surface area contributed by atoms with E-state index in [2.05, 4.69) is 22.3 Å². The molecule has 1 amide bonds. The van der Waals surface area contributed by atoms with Gasteiger partial charge in [-0.3, -0.25) is 9.69 Å². The van der Waals surface area contributed by atoms with Gasteiger partial charge in [-0.05, 0) is 62.4 Å². The first kappa shape index (κ1) is 22.6. The van der Waals surface area contributed by atoms with Crippen LogP contribution in [-0.4, -0.2) is 54.3 Å². The third-order valence-electron chi connectivity index (χ3n) is 5.54. The van der Waals surface area contributed by atoms with Crippen molar-refractivity contribution in [2.45, 2.75) is 38.2 Å². The molecule has 0 radical (unpaired) electrons. The molecule has 2 aromatic rings. The fourth-order valence-electron chi connectivity index (χ4n) is 3.72. The summed E-state index contributed by atoms with van der Waals surface area (Å²) in [6.07, 6.45) is 2.85. The van der Waals surface area contributed by atoms with Crippen molar-refractivity contribution < 1.29 is 14.6 Å². The lowest BCUT2D eigenvalue weighted by molar-refractivity contribution is -0.122. The van der Waals surface area contributed by atoms with Gasteiger partial charge in [-0.15, -0.1) is 0 Å². The van der Waals surface area contributed by atoms with Gasteiger partial charge in [0.25, 0.3) is 0 Å². The average molecular weight is 431 g/mol. The molecule has 0 aromatic heterocycles. The summed E-state index contributed by atoms with van der Waals surface area (Å²) in [5.41, 5.74) is 1.36. The van der Waals surface area contributed by atoms with Crippen LogP contribution in [0, 0.1) is 6.92 Å². The molecule has 5 nitrogen and oxygen atoms in total. The predicted octanol–water partition coefficient (Wildman–Crippen LogP) is 3.60. The first-order valence-corrected chi connectivity index (χ1v) is 11.0. The maximum atomic E-state index is 12.3. The minimum atomic E-state index is -0.911. The summed E-state index contributed by atoms with van der Waals surface area (Å²) >= 11 is 6.19. The molecule has 30 heavy (non-hydrogen) atoms. The van der Waals surface area contributed by atoms with Crippen LogP contribution in [0.3, 0.4) is 0 Å². The molecule has 1 heterocycles. The quantitative estimate of drug-likeness (QED) is 0.671. The Balaban J connectivity index is 1.42. The van der Waals surface area contributed by atoms with Gasteiger partial charge in [-0.1, -0.05) is 48.0 Å². The van der Waals surface area contributed by atoms with Crippen molar-refractivity contribution in [1.82, 2.24) is 10.2 Å². The fourth-order valence-corrected chi connectivity index (χ4v) is 3.89. The van der Waals surface area contributed by atoms with Crippen LogP contribution in [0.15, 0.2) is 48.5 Å². The Labute approximate surface area is 184 Å². The molecular weight excluding hydrogens is 400 g/mol. The topological polar surface area (TPSA) is 61.8 Å². The zero-order valence-corrected chi connectivity index (χ0v) is 18.3. The third kappa shape index (κ3) is 7.01. The normalized spacial score (nSPS) is 19.8. The molecule has 2 N–H and O–H groups in total. The van der Waals surface area contributed by atoms with E-state index in [0.717, 1.165) is 24.9 Å². The standard InChI is InChI=1S/C24H31ClN2O3/c1-19-8-9-21(25)22(16-19)30-18-24(29)11-5-14-27(15-12-24)17-23(28)26-13-10-20-6-3-2-4-7-20/h2-4,6-9,16,29H,5,10-15,17-18H2,1H3,(H,26,28). The Morgan fingerprint density at radius 3 is 2.80 bits per heavy atom. The summed E-state index contributed by atoms with van der Waals surface area (Å²) in [7, 11) is 0. The molecule has 0 aliphatic carbocycles. The van der Waals surface area contributed by atoms with Gasteiger partial charge in [0, 0.05) is 13.1 Å². The van der Waals surface area contributed by atoms with Crippen LogP contribution in [-0.2, 0) is 11.2 Å². The number of carbonyl (C=O) groups is 1. The molecule has 0 saturated carbocycles. The lowest BCUT2D eigenvalue weighted by atomic mass is 9.96. The second-order valence-corrected chi connectivity index (χ2v) is 8.57. The van der Waals surface area contributed by atoms with E-state index in [-0.39, 0.29) is 12.5 Å². The van der Waals surface area contributed by atoms with E-state index < -0.39 is 5.60 Å². The zero-order valence-electron chi connectivity index (χ0n) is 17.6. The Morgan fingerprint density at radius 2 is 2.00 bits per heavy atom. The lowest BCUT2D eigenvalue weighted by Crippen LogP contribution is -2.40. The summed E-state index contributed by atoms with van der Waals surface area (Å²) in [5, 5.41) is 14.5. The molecule has 2 aromatic carbocycles. The highest BCUT2D eigenvalue weighted by Gasteiger charge is 2.31. The van der Waals surface area contributed by atoms with E-state index in [4.69, 9.17) is 16.3 Å². The number of rotatable bonds is 8. The van der Waals surface area contributed by atoms with Crippen LogP contribution in [0.5, 0.6) is 5.75 Å². The predicted molar refractivity (Wildman–Crippen MR) is 120 cm³/mol. The van der Waals surface area contributed by atoms with Crippen molar-refractivity contribution in [2.24, 2.45) is 0 Å². The highest BCUT2D eigenvalue weighted by molar-refractivity contribution is 6.32. The zero-order chi connectivity index (χ0) is 21.4. The summed E-state index contributed by atoms with van der Waals surface area (Å²) < 4.78 is 5.85. The number of hydrogen-bond acceptors (Lipinski definition) is 4. The molecule has 1 fully saturated rings. The first-order chi connectivity index (χ1) is 14.4. The monoisotopic (exact) mass is 430 g/mol. The highest BCUT2D eigenvalue weighted by Crippen LogP contribution is 2.28. The van der Waals surface area contributed by atoms with Crippen molar-refractivity contribution in [1.29, 1.82) is 0 Å². The third-order valence-corrected chi connectivity index (χ3v) is 5.85. The van der Waals surface area contributed by atoms with Crippen molar-refractivity contribution in [3.63, 3.8) is 0 Å². The van der Waals surface area contributed by atoms with Crippen LogP contribution in [0.1, 0.15) is 30.4 Å². The van der Waals surface area contributed by atoms with Gasteiger partial charge < -0.3 is 15.2 Å². The molecule has 3 rings (SSSR count). The van der Waals surface area contributed by atoms with E-state index in [1.807, 2.05) is 43.3 Å². The van der Waals surface area contributed by atoms with E-state index in [1.165, 1.54) is 5.56 Å². The van der Waals surface area contributed by atoms with E-state index in [9.17, 15) is 9.90 Å². The number of benzene rings is 2. The number of aryl methyl sites for hydroxylation is 1. The number of likely N-dealkylation sites (tertiary alicyclic amines) is 1. The Kier molecular flexibility index (Phi) is 8.14. The van der Waals surface area contributed by atoms with E-state index in [1.54, 1.807) is 0 Å². The van der Waals surface area contributed by atoms with Crippen molar-refractivity contribution in [2.75, 3.05) is 32.8 Å². The van der Waals surface area contributed by atoms with Gasteiger partial charge >= 0.3 is 0 Å². The maximum absolute atomic E-state index is 12.3. The number of carbonyl (C=O) groups excluding carboxylic acids is 1. The first-order valence-electron chi connectivity index (χ1n) is 10.6. The van der Waals surface area contributed by atoms with Gasteiger partial charge in [0.05, 0.1) is 17.2 Å². The molecule has 1 aliphatic heterocycles. The summed E-state index contributed by atoms with van der Waals surface area (Å²) in [6.45, 7) is 4.62. The number of hydrogen-bond donors (Lipinski definition) is 2. The number of nitrogens with one attached hydrogen (secondary N) is 1. The van der Waals surface area contributed by atoms with Gasteiger partial charge in [-0.25, -0.2) is 0 Å². The SMILES string of the molecule is Cc1ccc(Cl)c(OCC2(O)CCCN(CC(=O)NCCc3ccccc3)CC2)c1. The molecule has 0 bridgehead atoms. The fraction of sp³-hybridized carbons (Fsp3) is 0.458. The molecule has 6 heteroatoms. The van der Waals surface area contributed by atoms with Crippen LogP contribution in [0.25, 0.3) is 0 Å². The van der Waals surface area contributed by atoms with E-state index >= 15 is 0 Å².